The zero-order valence-electron chi connectivity index (χ0n) is 7.03. The van der Waals surface area contributed by atoms with Gasteiger partial charge < -0.3 is 10.8 Å². The maximum Gasteiger partial charge on any atom is 0.115 e. The Kier molecular flexibility index (Phi) is 4.71. The summed E-state index contributed by atoms with van der Waals surface area (Å²) in [5, 5.41) is 8.96. The summed E-state index contributed by atoms with van der Waals surface area (Å²) in [5.74, 6) is 0.304. The average Bonchev–Trinajstić information content (AvgIpc) is 1.93. The Morgan fingerprint density at radius 2 is 1.83 bits per heavy atom. The van der Waals surface area contributed by atoms with Gasteiger partial charge in [-0.2, -0.15) is 0 Å². The van der Waals surface area contributed by atoms with Gasteiger partial charge >= 0.3 is 0 Å². The van der Waals surface area contributed by atoms with Gasteiger partial charge in [0.1, 0.15) is 5.75 Å². The van der Waals surface area contributed by atoms with Crippen molar-refractivity contribution in [3.05, 3.63) is 29.8 Å². The fourth-order valence-electron chi connectivity index (χ4n) is 1.00. The molecule has 0 aliphatic carbocycles. The second-order valence-corrected chi connectivity index (χ2v) is 2.85. The number of benzene rings is 1. The van der Waals surface area contributed by atoms with Gasteiger partial charge in [0.2, 0.25) is 0 Å². The molecule has 1 rings (SSSR count). The number of rotatable bonds is 2. The molecular weight excluding hydrogens is 174 g/mol. The molecule has 0 saturated heterocycles. The van der Waals surface area contributed by atoms with Crippen LogP contribution in [0.15, 0.2) is 24.3 Å². The summed E-state index contributed by atoms with van der Waals surface area (Å²) in [7, 11) is 0. The molecule has 0 bridgehead atoms. The second-order valence-electron chi connectivity index (χ2n) is 2.85. The first-order valence-electron chi connectivity index (χ1n) is 3.72. The summed E-state index contributed by atoms with van der Waals surface area (Å²) in [6, 6.07) is 7.31. The monoisotopic (exact) mass is 187 g/mol. The van der Waals surface area contributed by atoms with Crippen LogP contribution in [-0.4, -0.2) is 11.1 Å². The third-order valence-corrected chi connectivity index (χ3v) is 1.49. The molecule has 1 aromatic rings. The van der Waals surface area contributed by atoms with Crippen LogP contribution in [0.1, 0.15) is 12.5 Å². The average molecular weight is 188 g/mol. The fourth-order valence-corrected chi connectivity index (χ4v) is 1.00. The molecule has 1 atom stereocenters. The highest BCUT2D eigenvalue weighted by Gasteiger charge is 1.96. The van der Waals surface area contributed by atoms with Gasteiger partial charge in [-0.1, -0.05) is 12.1 Å². The molecule has 12 heavy (non-hydrogen) atoms. The van der Waals surface area contributed by atoms with Crippen molar-refractivity contribution in [1.29, 1.82) is 0 Å². The van der Waals surface area contributed by atoms with E-state index in [1.165, 1.54) is 0 Å². The van der Waals surface area contributed by atoms with Gasteiger partial charge in [-0.25, -0.2) is 0 Å². The second kappa shape index (κ2) is 5.01. The summed E-state index contributed by atoms with van der Waals surface area (Å²) >= 11 is 0. The van der Waals surface area contributed by atoms with Crippen LogP contribution in [0, 0.1) is 0 Å². The van der Waals surface area contributed by atoms with Crippen LogP contribution in [0.4, 0.5) is 0 Å². The highest BCUT2D eigenvalue weighted by molar-refractivity contribution is 5.85. The van der Waals surface area contributed by atoms with E-state index in [-0.39, 0.29) is 18.4 Å². The van der Waals surface area contributed by atoms with Gasteiger partial charge in [0, 0.05) is 6.04 Å². The Balaban J connectivity index is 0.00000121. The van der Waals surface area contributed by atoms with Gasteiger partial charge in [0.25, 0.3) is 0 Å². The summed E-state index contributed by atoms with van der Waals surface area (Å²) in [4.78, 5) is 0. The molecule has 0 saturated carbocycles. The minimum absolute atomic E-state index is 0. The van der Waals surface area contributed by atoms with E-state index in [2.05, 4.69) is 0 Å². The third-order valence-electron chi connectivity index (χ3n) is 1.49. The highest BCUT2D eigenvalue weighted by atomic mass is 35.5. The normalized spacial score (nSPS) is 11.8. The van der Waals surface area contributed by atoms with Gasteiger partial charge in [-0.15, -0.1) is 12.4 Å². The molecule has 0 aliphatic rings. The van der Waals surface area contributed by atoms with Crippen LogP contribution in [0.25, 0.3) is 0 Å². The molecule has 2 nitrogen and oxygen atoms in total. The van der Waals surface area contributed by atoms with Crippen LogP contribution < -0.4 is 5.73 Å². The molecule has 68 valence electrons. The summed E-state index contributed by atoms with van der Waals surface area (Å²) in [5.41, 5.74) is 6.76. The van der Waals surface area contributed by atoms with E-state index >= 15 is 0 Å². The Hall–Kier alpha value is -0.730. The Bertz CT molecular complexity index is 220. The first-order valence-corrected chi connectivity index (χ1v) is 3.72. The van der Waals surface area contributed by atoms with Crippen LogP contribution in [0.5, 0.6) is 5.75 Å². The van der Waals surface area contributed by atoms with Crippen LogP contribution in [-0.2, 0) is 6.42 Å². The number of phenols is 1. The molecular formula is C9H14ClNO. The maximum atomic E-state index is 8.96. The van der Waals surface area contributed by atoms with Crippen molar-refractivity contribution in [2.75, 3.05) is 0 Å². The molecule has 0 spiro atoms. The standard InChI is InChI=1S/C9H13NO.ClH/c1-7(10)6-8-2-4-9(11)5-3-8;/h2-5,7,11H,6,10H2,1H3;1H/t7-;/m1./s1. The lowest BCUT2D eigenvalue weighted by Gasteiger charge is -2.03. The van der Waals surface area contributed by atoms with E-state index in [0.29, 0.717) is 5.75 Å². The molecule has 3 heteroatoms. The Morgan fingerprint density at radius 1 is 1.33 bits per heavy atom. The Morgan fingerprint density at radius 3 is 2.25 bits per heavy atom. The van der Waals surface area contributed by atoms with Gasteiger partial charge in [0.05, 0.1) is 0 Å². The van der Waals surface area contributed by atoms with E-state index in [9.17, 15) is 0 Å². The minimum Gasteiger partial charge on any atom is -0.508 e. The number of hydrogen-bond acceptors (Lipinski definition) is 2. The molecule has 0 fully saturated rings. The van der Waals surface area contributed by atoms with Gasteiger partial charge in [0.15, 0.2) is 0 Å². The zero-order valence-corrected chi connectivity index (χ0v) is 7.84. The van der Waals surface area contributed by atoms with Crippen molar-refractivity contribution in [2.45, 2.75) is 19.4 Å². The lowest BCUT2D eigenvalue weighted by Crippen LogP contribution is -2.17. The number of aromatic hydroxyl groups is 1. The smallest absolute Gasteiger partial charge is 0.115 e. The van der Waals surface area contributed by atoms with Gasteiger partial charge in [-0.05, 0) is 31.0 Å². The van der Waals surface area contributed by atoms with E-state index in [0.717, 1.165) is 12.0 Å². The first-order chi connectivity index (χ1) is 5.18. The minimum atomic E-state index is 0. The first kappa shape index (κ1) is 11.3. The van der Waals surface area contributed by atoms with Crippen LogP contribution in [0.2, 0.25) is 0 Å². The number of phenolic OH excluding ortho intramolecular Hbond substituents is 1. The van der Waals surface area contributed by atoms with E-state index in [1.807, 2.05) is 19.1 Å². The lowest BCUT2D eigenvalue weighted by atomic mass is 10.1. The van der Waals surface area contributed by atoms with Crippen molar-refractivity contribution in [2.24, 2.45) is 5.73 Å². The molecule has 0 aromatic heterocycles. The molecule has 1 aromatic carbocycles. The van der Waals surface area contributed by atoms with E-state index < -0.39 is 0 Å². The topological polar surface area (TPSA) is 46.2 Å². The van der Waals surface area contributed by atoms with Crippen LogP contribution >= 0.6 is 12.4 Å². The lowest BCUT2D eigenvalue weighted by molar-refractivity contribution is 0.475. The van der Waals surface area contributed by atoms with Crippen LogP contribution in [0.3, 0.4) is 0 Å². The molecule has 0 amide bonds. The van der Waals surface area contributed by atoms with Crippen molar-refractivity contribution in [3.8, 4) is 5.75 Å². The predicted molar refractivity (Wildman–Crippen MR) is 52.7 cm³/mol. The summed E-state index contributed by atoms with van der Waals surface area (Å²) in [6.45, 7) is 1.97. The molecule has 0 heterocycles. The van der Waals surface area contributed by atoms with Crippen molar-refractivity contribution < 1.29 is 5.11 Å². The number of hydrogen-bond donors (Lipinski definition) is 2. The fraction of sp³-hybridized carbons (Fsp3) is 0.333. The quantitative estimate of drug-likeness (QED) is 0.741. The van der Waals surface area contributed by atoms with Gasteiger partial charge in [-0.3, -0.25) is 0 Å². The highest BCUT2D eigenvalue weighted by Crippen LogP contribution is 2.10. The molecule has 0 radical (unpaired) electrons. The SMILES string of the molecule is C[C@@H](N)Cc1ccc(O)cc1.Cl. The zero-order chi connectivity index (χ0) is 8.27. The van der Waals surface area contributed by atoms with Crippen molar-refractivity contribution >= 4 is 12.4 Å². The summed E-state index contributed by atoms with van der Waals surface area (Å²) in [6.07, 6.45) is 0.861. The maximum absolute atomic E-state index is 8.96. The number of halogens is 1. The number of nitrogens with two attached hydrogens (primary N) is 1. The summed E-state index contributed by atoms with van der Waals surface area (Å²) < 4.78 is 0. The van der Waals surface area contributed by atoms with Crippen molar-refractivity contribution in [1.82, 2.24) is 0 Å². The van der Waals surface area contributed by atoms with Crippen molar-refractivity contribution in [3.63, 3.8) is 0 Å². The predicted octanol–water partition coefficient (Wildman–Crippen LogP) is 1.70. The van der Waals surface area contributed by atoms with E-state index in [1.54, 1.807) is 12.1 Å². The van der Waals surface area contributed by atoms with E-state index in [4.69, 9.17) is 10.8 Å². The molecule has 0 aliphatic heterocycles. The Labute approximate surface area is 78.8 Å². The third kappa shape index (κ3) is 3.60. The molecule has 0 unspecified atom stereocenters. The molecule has 3 N–H and O–H groups in total. The largest absolute Gasteiger partial charge is 0.508 e.